The lowest BCUT2D eigenvalue weighted by Gasteiger charge is -2.38. The van der Waals surface area contributed by atoms with Gasteiger partial charge >= 0.3 is 14.5 Å². The Hall–Kier alpha value is 0.0406. The van der Waals surface area contributed by atoms with Gasteiger partial charge in [-0.25, -0.2) is 0 Å². The van der Waals surface area contributed by atoms with E-state index in [9.17, 15) is 4.79 Å². The van der Waals surface area contributed by atoms with Gasteiger partial charge in [-0.15, -0.1) is 0 Å². The van der Waals surface area contributed by atoms with Crippen molar-refractivity contribution in [3.63, 3.8) is 0 Å². The first-order chi connectivity index (χ1) is 10.1. The molecule has 0 radical (unpaired) electrons. The lowest BCUT2D eigenvalue weighted by atomic mass is 9.91. The van der Waals surface area contributed by atoms with Gasteiger partial charge in [0.15, 0.2) is 16.6 Å². The summed E-state index contributed by atoms with van der Waals surface area (Å²) < 4.78 is 18.3. The van der Waals surface area contributed by atoms with Crippen LogP contribution in [0, 0.1) is 5.41 Å². The van der Waals surface area contributed by atoms with Crippen molar-refractivity contribution < 1.29 is 17.8 Å². The van der Waals surface area contributed by atoms with Crippen LogP contribution in [0.1, 0.15) is 33.6 Å². The van der Waals surface area contributed by atoms with Gasteiger partial charge in [0, 0.05) is 0 Å². The molecular formula is C16H38O4Si3. The van der Waals surface area contributed by atoms with Gasteiger partial charge in [-0.1, -0.05) is 6.92 Å². The Labute approximate surface area is 146 Å². The highest BCUT2D eigenvalue weighted by Crippen LogP contribution is 2.26. The van der Waals surface area contributed by atoms with Crippen LogP contribution in [0.3, 0.4) is 0 Å². The molecular weight excluding hydrogens is 340 g/mol. The monoisotopic (exact) mass is 378 g/mol. The summed E-state index contributed by atoms with van der Waals surface area (Å²) in [6, 6.07) is 0.876. The minimum Gasteiger partial charge on any atom is -0.465 e. The zero-order valence-electron chi connectivity index (χ0n) is 17.0. The summed E-state index contributed by atoms with van der Waals surface area (Å²) in [5.41, 5.74) is -0.398. The van der Waals surface area contributed by atoms with E-state index < -0.39 is 30.6 Å². The fourth-order valence-corrected chi connectivity index (χ4v) is 14.8. The number of ether oxygens (including phenoxy) is 1. The summed E-state index contributed by atoms with van der Waals surface area (Å²) in [4.78, 5) is 12.0. The highest BCUT2D eigenvalue weighted by Gasteiger charge is 2.40. The first-order valence-electron chi connectivity index (χ1n) is 8.68. The highest BCUT2D eigenvalue weighted by molar-refractivity contribution is 6.87. The normalized spacial score (nSPS) is 14.0. The van der Waals surface area contributed by atoms with Crippen molar-refractivity contribution in [2.24, 2.45) is 5.41 Å². The molecule has 0 fully saturated rings. The van der Waals surface area contributed by atoms with Crippen LogP contribution < -0.4 is 0 Å². The number of hydrogen-bond donors (Lipinski definition) is 0. The van der Waals surface area contributed by atoms with Gasteiger partial charge in [0.05, 0.1) is 12.0 Å². The summed E-state index contributed by atoms with van der Waals surface area (Å²) >= 11 is 0. The molecule has 0 heterocycles. The van der Waals surface area contributed by atoms with Gasteiger partial charge in [0.25, 0.3) is 0 Å². The highest BCUT2D eigenvalue weighted by atomic mass is 28.5. The second kappa shape index (κ2) is 8.42. The molecule has 23 heavy (non-hydrogen) atoms. The van der Waals surface area contributed by atoms with E-state index in [0.29, 0.717) is 6.61 Å². The summed E-state index contributed by atoms with van der Waals surface area (Å²) in [5.74, 6) is -0.111. The first-order valence-corrected chi connectivity index (χ1v) is 18.0. The van der Waals surface area contributed by atoms with Crippen LogP contribution in [-0.2, 0) is 17.8 Å². The van der Waals surface area contributed by atoms with E-state index in [-0.39, 0.29) is 5.97 Å². The first kappa shape index (κ1) is 23.0. The van der Waals surface area contributed by atoms with Crippen molar-refractivity contribution >= 4 is 31.2 Å². The number of carbonyl (C=O) groups excluding carboxylic acids is 1. The summed E-state index contributed by atoms with van der Waals surface area (Å²) in [6.07, 6.45) is 1.60. The minimum absolute atomic E-state index is 0.111. The number of hydrogen-bond acceptors (Lipinski definition) is 4. The predicted octanol–water partition coefficient (Wildman–Crippen LogP) is 5.13. The zero-order valence-corrected chi connectivity index (χ0v) is 20.0. The van der Waals surface area contributed by atoms with Gasteiger partial charge in [0.1, 0.15) is 0 Å². The second-order valence-corrected chi connectivity index (χ2v) is 21.9. The van der Waals surface area contributed by atoms with Crippen molar-refractivity contribution in [1.29, 1.82) is 0 Å². The Morgan fingerprint density at radius 2 is 1.35 bits per heavy atom. The van der Waals surface area contributed by atoms with Crippen LogP contribution in [-0.4, -0.2) is 37.8 Å². The maximum Gasteiger partial charge on any atom is 0.314 e. The van der Waals surface area contributed by atoms with Crippen LogP contribution in [0.15, 0.2) is 0 Å². The van der Waals surface area contributed by atoms with Gasteiger partial charge in [-0.3, -0.25) is 4.79 Å². The quantitative estimate of drug-likeness (QED) is 0.300. The molecule has 7 heteroatoms. The molecule has 0 rings (SSSR count). The smallest absolute Gasteiger partial charge is 0.314 e. The number of rotatable bonds is 10. The van der Waals surface area contributed by atoms with Gasteiger partial charge in [-0.05, 0) is 78.6 Å². The fraction of sp³-hybridized carbons (Fsp3) is 0.938. The molecule has 4 nitrogen and oxygen atoms in total. The fourth-order valence-electron chi connectivity index (χ4n) is 2.32. The van der Waals surface area contributed by atoms with E-state index in [0.717, 1.165) is 18.9 Å². The average molecular weight is 379 g/mol. The van der Waals surface area contributed by atoms with Crippen LogP contribution in [0.25, 0.3) is 0 Å². The molecule has 0 aliphatic rings. The van der Waals surface area contributed by atoms with E-state index in [4.69, 9.17) is 13.0 Å². The Balaban J connectivity index is 4.60. The van der Waals surface area contributed by atoms with E-state index in [1.54, 1.807) is 0 Å². The van der Waals surface area contributed by atoms with Crippen molar-refractivity contribution in [2.45, 2.75) is 85.5 Å². The molecule has 0 atom stereocenters. The number of carbonyl (C=O) groups is 1. The molecule has 0 unspecified atom stereocenters. The Bertz CT molecular complexity index is 368. The maximum absolute atomic E-state index is 12.0. The van der Waals surface area contributed by atoms with E-state index in [2.05, 4.69) is 45.8 Å². The van der Waals surface area contributed by atoms with Crippen molar-refractivity contribution in [1.82, 2.24) is 0 Å². The largest absolute Gasteiger partial charge is 0.465 e. The summed E-state index contributed by atoms with van der Waals surface area (Å²) in [5, 5.41) is 0. The molecule has 0 N–H and O–H groups in total. The second-order valence-electron chi connectivity index (χ2n) is 9.04. The minimum atomic E-state index is -2.21. The van der Waals surface area contributed by atoms with Gasteiger partial charge in [-0.2, -0.15) is 0 Å². The third kappa shape index (κ3) is 10.5. The van der Waals surface area contributed by atoms with Crippen LogP contribution in [0.4, 0.5) is 0 Å². The Kier molecular flexibility index (Phi) is 8.44. The molecule has 0 aromatic rings. The third-order valence-electron chi connectivity index (χ3n) is 3.49. The summed E-state index contributed by atoms with van der Waals surface area (Å²) in [6.45, 7) is 21.7. The Morgan fingerprint density at radius 1 is 0.913 bits per heavy atom. The SMILES string of the molecule is CCC(C)(C)C(=O)OCCC[Si](C)(O[Si](C)(C)C)O[Si](C)(C)C. The number of esters is 1. The van der Waals surface area contributed by atoms with Crippen molar-refractivity contribution in [3.8, 4) is 0 Å². The molecule has 0 saturated carbocycles. The van der Waals surface area contributed by atoms with Crippen molar-refractivity contribution in [2.75, 3.05) is 6.61 Å². The van der Waals surface area contributed by atoms with Crippen LogP contribution in [0.5, 0.6) is 0 Å². The van der Waals surface area contributed by atoms with Crippen LogP contribution in [0.2, 0.25) is 51.9 Å². The maximum atomic E-state index is 12.0. The molecule has 0 saturated heterocycles. The third-order valence-corrected chi connectivity index (χ3v) is 13.1. The lowest BCUT2D eigenvalue weighted by molar-refractivity contribution is -0.154. The molecule has 0 aromatic heterocycles. The lowest BCUT2D eigenvalue weighted by Crippen LogP contribution is -2.52. The summed E-state index contributed by atoms with van der Waals surface area (Å²) in [7, 11) is -5.53. The predicted molar refractivity (Wildman–Crippen MR) is 105 cm³/mol. The molecule has 0 bridgehead atoms. The van der Waals surface area contributed by atoms with E-state index in [1.165, 1.54) is 0 Å². The molecule has 0 aromatic carbocycles. The van der Waals surface area contributed by atoms with Crippen LogP contribution >= 0.6 is 0 Å². The standard InChI is InChI=1S/C16H38O4Si3/c1-11-16(2,3)15(17)18-13-12-14-23(10,19-21(4,5)6)20-22(7,8)9/h11-14H2,1-10H3. The molecule has 138 valence electrons. The topological polar surface area (TPSA) is 44.8 Å². The van der Waals surface area contributed by atoms with Gasteiger partial charge < -0.3 is 13.0 Å². The van der Waals surface area contributed by atoms with Gasteiger partial charge in [0.2, 0.25) is 0 Å². The van der Waals surface area contributed by atoms with E-state index >= 15 is 0 Å². The Morgan fingerprint density at radius 3 is 1.70 bits per heavy atom. The molecule has 0 aliphatic heterocycles. The zero-order chi connectivity index (χ0) is 18.5. The molecule has 0 aliphatic carbocycles. The average Bonchev–Trinajstić information content (AvgIpc) is 2.29. The molecule has 0 spiro atoms. The van der Waals surface area contributed by atoms with Crippen molar-refractivity contribution in [3.05, 3.63) is 0 Å². The van der Waals surface area contributed by atoms with E-state index in [1.807, 2.05) is 20.8 Å². The molecule has 0 amide bonds.